The second kappa shape index (κ2) is 7.43. The van der Waals surface area contributed by atoms with Gasteiger partial charge in [0, 0.05) is 42.9 Å². The number of fused-ring (bicyclic) bond motifs is 1. The highest BCUT2D eigenvalue weighted by molar-refractivity contribution is 6.11. The van der Waals surface area contributed by atoms with E-state index in [-0.39, 0.29) is 18.0 Å². The molecule has 3 heterocycles. The predicted molar refractivity (Wildman–Crippen MR) is 106 cm³/mol. The van der Waals surface area contributed by atoms with E-state index in [1.54, 1.807) is 12.1 Å². The van der Waals surface area contributed by atoms with Crippen LogP contribution in [0.2, 0.25) is 0 Å². The molecule has 0 bridgehead atoms. The molecule has 9 heteroatoms. The summed E-state index contributed by atoms with van der Waals surface area (Å²) in [5.74, 6) is -1.02. The van der Waals surface area contributed by atoms with Gasteiger partial charge in [-0.15, -0.1) is 0 Å². The molecule has 30 heavy (non-hydrogen) atoms. The molecule has 0 aliphatic carbocycles. The number of carbonyl (C=O) groups is 3. The molecule has 8 nitrogen and oxygen atoms in total. The van der Waals surface area contributed by atoms with Crippen molar-refractivity contribution in [1.82, 2.24) is 14.9 Å². The minimum atomic E-state index is -1.32. The van der Waals surface area contributed by atoms with Crippen molar-refractivity contribution in [2.45, 2.75) is 13.3 Å². The molecule has 1 aliphatic rings. The Morgan fingerprint density at radius 2 is 1.90 bits per heavy atom. The van der Waals surface area contributed by atoms with Gasteiger partial charge in [0.1, 0.15) is 11.6 Å². The van der Waals surface area contributed by atoms with Crippen molar-refractivity contribution in [3.8, 4) is 22.4 Å². The van der Waals surface area contributed by atoms with Gasteiger partial charge in [-0.2, -0.15) is 0 Å². The fourth-order valence-electron chi connectivity index (χ4n) is 3.57. The van der Waals surface area contributed by atoms with Gasteiger partial charge < -0.3 is 15.4 Å². The molecule has 0 radical (unpaired) electrons. The lowest BCUT2D eigenvalue weighted by Crippen LogP contribution is -2.41. The van der Waals surface area contributed by atoms with Crippen LogP contribution in [-0.2, 0) is 11.2 Å². The molecule has 3 amide bonds. The maximum Gasteiger partial charge on any atom is 0.414 e. The molecule has 0 saturated heterocycles. The van der Waals surface area contributed by atoms with Gasteiger partial charge in [0.15, 0.2) is 0 Å². The third kappa shape index (κ3) is 3.41. The van der Waals surface area contributed by atoms with Crippen LogP contribution in [0, 0.1) is 5.82 Å². The average molecular weight is 408 g/mol. The molecule has 0 fully saturated rings. The van der Waals surface area contributed by atoms with E-state index >= 15 is 0 Å². The van der Waals surface area contributed by atoms with Crippen molar-refractivity contribution in [1.29, 1.82) is 0 Å². The monoisotopic (exact) mass is 408 g/mol. The first-order chi connectivity index (χ1) is 14.3. The third-order valence-corrected chi connectivity index (χ3v) is 4.84. The molecular weight excluding hydrogens is 391 g/mol. The number of benzene rings is 1. The van der Waals surface area contributed by atoms with Crippen LogP contribution >= 0.6 is 0 Å². The summed E-state index contributed by atoms with van der Waals surface area (Å²) in [6.45, 7) is 1.41. The van der Waals surface area contributed by atoms with Crippen LogP contribution in [0.3, 0.4) is 0 Å². The first-order valence-electron chi connectivity index (χ1n) is 9.14. The van der Waals surface area contributed by atoms with E-state index in [4.69, 9.17) is 0 Å². The Morgan fingerprint density at radius 1 is 1.17 bits per heavy atom. The van der Waals surface area contributed by atoms with Crippen LogP contribution < -0.4 is 5.32 Å². The summed E-state index contributed by atoms with van der Waals surface area (Å²) in [7, 11) is 0. The van der Waals surface area contributed by atoms with Crippen LogP contribution in [0.25, 0.3) is 22.4 Å². The number of amides is 3. The number of carbonyl (C=O) groups excluding carboxylic acids is 2. The van der Waals surface area contributed by atoms with Crippen LogP contribution in [-0.4, -0.2) is 44.4 Å². The van der Waals surface area contributed by atoms with Gasteiger partial charge in [-0.25, -0.2) is 19.1 Å². The van der Waals surface area contributed by atoms with Crippen molar-refractivity contribution in [3.05, 3.63) is 59.7 Å². The van der Waals surface area contributed by atoms with Crippen LogP contribution in [0.15, 0.2) is 42.6 Å². The lowest BCUT2D eigenvalue weighted by molar-refractivity contribution is -0.114. The summed E-state index contributed by atoms with van der Waals surface area (Å²) >= 11 is 0. The number of aromatic nitrogens is 2. The Morgan fingerprint density at radius 3 is 2.57 bits per heavy atom. The summed E-state index contributed by atoms with van der Waals surface area (Å²) in [5, 5.41) is 12.0. The summed E-state index contributed by atoms with van der Waals surface area (Å²) in [6, 6.07) is 8.96. The molecule has 4 rings (SSSR count). The maximum absolute atomic E-state index is 13.5. The van der Waals surface area contributed by atoms with Gasteiger partial charge in [0.2, 0.25) is 5.91 Å². The summed E-state index contributed by atoms with van der Waals surface area (Å²) in [5.41, 5.74) is 3.06. The van der Waals surface area contributed by atoms with Gasteiger partial charge in [-0.3, -0.25) is 9.59 Å². The molecule has 0 spiro atoms. The summed E-state index contributed by atoms with van der Waals surface area (Å²) in [6.07, 6.45) is 0.515. The Kier molecular flexibility index (Phi) is 4.78. The number of H-pyrrole nitrogens is 1. The number of pyridine rings is 1. The van der Waals surface area contributed by atoms with E-state index in [1.807, 2.05) is 0 Å². The van der Waals surface area contributed by atoms with E-state index in [9.17, 15) is 23.9 Å². The Hall–Kier alpha value is -4.01. The predicted octanol–water partition coefficient (Wildman–Crippen LogP) is 3.52. The Bertz CT molecular complexity index is 1170. The molecule has 3 aromatic rings. The van der Waals surface area contributed by atoms with Crippen molar-refractivity contribution >= 4 is 23.7 Å². The molecule has 2 aromatic heterocycles. The summed E-state index contributed by atoms with van der Waals surface area (Å²) < 4.78 is 13.5. The quantitative estimate of drug-likeness (QED) is 0.613. The van der Waals surface area contributed by atoms with Crippen LogP contribution in [0.1, 0.15) is 23.0 Å². The molecule has 1 aliphatic heterocycles. The van der Waals surface area contributed by atoms with Crippen molar-refractivity contribution in [3.63, 3.8) is 0 Å². The Labute approximate surface area is 170 Å². The van der Waals surface area contributed by atoms with E-state index < -0.39 is 17.8 Å². The van der Waals surface area contributed by atoms with E-state index in [1.165, 1.54) is 37.4 Å². The van der Waals surface area contributed by atoms with Crippen molar-refractivity contribution < 1.29 is 23.9 Å². The molecule has 1 aromatic carbocycles. The molecular formula is C21H17FN4O4. The number of aromatic amines is 1. The normalized spacial score (nSPS) is 13.1. The zero-order chi connectivity index (χ0) is 21.4. The second-order valence-electron chi connectivity index (χ2n) is 6.84. The minimum absolute atomic E-state index is 0.0392. The van der Waals surface area contributed by atoms with Crippen molar-refractivity contribution in [2.75, 3.05) is 11.9 Å². The number of nitrogens with zero attached hydrogens (tertiary/aromatic N) is 2. The smallest absolute Gasteiger partial charge is 0.414 e. The number of rotatable bonds is 3. The topological polar surface area (TPSA) is 115 Å². The van der Waals surface area contributed by atoms with Crippen LogP contribution in [0.5, 0.6) is 0 Å². The lowest BCUT2D eigenvalue weighted by Gasteiger charge is -2.23. The first kappa shape index (κ1) is 19.3. The van der Waals surface area contributed by atoms with Gasteiger partial charge >= 0.3 is 6.09 Å². The number of anilines is 1. The average Bonchev–Trinajstić information content (AvgIpc) is 3.09. The number of halogens is 1. The highest BCUT2D eigenvalue weighted by Gasteiger charge is 2.34. The van der Waals surface area contributed by atoms with Gasteiger partial charge in [-0.1, -0.05) is 12.1 Å². The van der Waals surface area contributed by atoms with Gasteiger partial charge in [0.05, 0.1) is 11.3 Å². The van der Waals surface area contributed by atoms with Crippen molar-refractivity contribution in [2.24, 2.45) is 0 Å². The molecule has 3 N–H and O–H groups in total. The van der Waals surface area contributed by atoms with E-state index in [0.29, 0.717) is 40.3 Å². The Balaban J connectivity index is 1.93. The van der Waals surface area contributed by atoms with E-state index in [2.05, 4.69) is 15.3 Å². The number of imide groups is 1. The third-order valence-electron chi connectivity index (χ3n) is 4.84. The maximum atomic E-state index is 13.5. The van der Waals surface area contributed by atoms with Crippen LogP contribution in [0.4, 0.5) is 15.0 Å². The second-order valence-corrected chi connectivity index (χ2v) is 6.84. The molecule has 0 atom stereocenters. The standard InChI is InChI=1S/C21H17FN4O4/c1-11(27)24-16-10-13(6-8-23-16)19-17(12-2-4-14(22)5-3-12)18-15(25-19)7-9-26(20(18)28)21(29)30/h2-6,8,10,25H,7,9H2,1H3,(H,29,30)(H,23,24,27). The number of nitrogens with one attached hydrogen (secondary N) is 2. The lowest BCUT2D eigenvalue weighted by atomic mass is 9.94. The van der Waals surface area contributed by atoms with Gasteiger partial charge in [-0.05, 0) is 29.8 Å². The highest BCUT2D eigenvalue weighted by Crippen LogP contribution is 2.39. The number of hydrogen-bond donors (Lipinski definition) is 3. The summed E-state index contributed by atoms with van der Waals surface area (Å²) in [4.78, 5) is 43.9. The fraction of sp³-hybridized carbons (Fsp3) is 0.143. The fourth-order valence-corrected chi connectivity index (χ4v) is 3.57. The minimum Gasteiger partial charge on any atom is -0.465 e. The first-order valence-corrected chi connectivity index (χ1v) is 9.14. The zero-order valence-corrected chi connectivity index (χ0v) is 15.9. The highest BCUT2D eigenvalue weighted by atomic mass is 19.1. The van der Waals surface area contributed by atoms with Gasteiger partial charge in [0.25, 0.3) is 5.91 Å². The molecule has 152 valence electrons. The number of hydrogen-bond acceptors (Lipinski definition) is 4. The molecule has 0 saturated carbocycles. The van der Waals surface area contributed by atoms with E-state index in [0.717, 1.165) is 4.90 Å². The zero-order valence-electron chi connectivity index (χ0n) is 15.9. The molecule has 0 unspecified atom stereocenters. The largest absolute Gasteiger partial charge is 0.465 e. The number of carboxylic acid groups (broad SMARTS) is 1. The SMILES string of the molecule is CC(=O)Nc1cc(-c2[nH]c3c(c2-c2ccc(F)cc2)C(=O)N(C(=O)O)CC3)ccn1.